The number of esters is 1. The van der Waals surface area contributed by atoms with E-state index in [1.165, 1.54) is 18.2 Å². The molecular weight excluding hydrogens is 607 g/mol. The first-order valence-corrected chi connectivity index (χ1v) is 14.5. The van der Waals surface area contributed by atoms with E-state index in [9.17, 15) is 9.59 Å². The van der Waals surface area contributed by atoms with Crippen LogP contribution in [0.1, 0.15) is 40.9 Å². The molecule has 0 fully saturated rings. The van der Waals surface area contributed by atoms with Gasteiger partial charge in [-0.15, -0.1) is 0 Å². The van der Waals surface area contributed by atoms with Crippen molar-refractivity contribution < 1.29 is 40.7 Å². The van der Waals surface area contributed by atoms with Crippen molar-refractivity contribution in [1.82, 2.24) is 15.3 Å². The summed E-state index contributed by atoms with van der Waals surface area (Å²) in [7, 11) is 6.77. The molecule has 1 aromatic heterocycles. The lowest BCUT2D eigenvalue weighted by Crippen LogP contribution is -3.00. The number of rotatable bonds is 16. The maximum Gasteiger partial charge on any atom is 0.307 e. The third kappa shape index (κ3) is 11.0. The van der Waals surface area contributed by atoms with E-state index in [0.29, 0.717) is 11.0 Å². The molecule has 1 amide bonds. The third-order valence-electron chi connectivity index (χ3n) is 7.40. The van der Waals surface area contributed by atoms with Crippen molar-refractivity contribution in [3.8, 4) is 11.5 Å². The highest BCUT2D eigenvalue weighted by Crippen LogP contribution is 2.20. The predicted octanol–water partition coefficient (Wildman–Crippen LogP) is 0.689. The molecule has 0 unspecified atom stereocenters. The highest BCUT2D eigenvalue weighted by Gasteiger charge is 2.30. The van der Waals surface area contributed by atoms with E-state index < -0.39 is 17.9 Å². The number of aromatic nitrogens is 2. The normalized spacial score (nSPS) is 11.7. The first kappa shape index (κ1) is 36.4. The van der Waals surface area contributed by atoms with Crippen LogP contribution in [0.15, 0.2) is 48.5 Å². The van der Waals surface area contributed by atoms with Gasteiger partial charge in [-0.05, 0) is 48.2 Å². The molecule has 0 saturated heterocycles. The maximum atomic E-state index is 13.2. The van der Waals surface area contributed by atoms with Crippen molar-refractivity contribution in [2.24, 2.45) is 0 Å². The van der Waals surface area contributed by atoms with Gasteiger partial charge in [-0.25, -0.2) is 9.97 Å². The Balaban J connectivity index is 0.00000675. The standard InChI is InChI=1S/C31H41ClN6O5.ClH/c1-38(17-5-7-21-9-13-24(41-2)14-10-21,18-6-8-22-11-15-25(42-3)16-12-22)20-23(19-26(39)43-4)35-31(40)27-29(33)37-30(34)28(32)36-27;/h9-16,23H,5-8,17-20H2,1-4H3,(H4-,33,34,35,37,40);1H/t23-;/m1./s1. The Hall–Kier alpha value is -3.80. The Morgan fingerprint density at radius 2 is 1.36 bits per heavy atom. The number of anilines is 2. The van der Waals surface area contributed by atoms with E-state index in [1.807, 2.05) is 24.3 Å². The van der Waals surface area contributed by atoms with Gasteiger partial charge in [0.15, 0.2) is 22.5 Å². The van der Waals surface area contributed by atoms with Crippen LogP contribution in [0.3, 0.4) is 0 Å². The van der Waals surface area contributed by atoms with Crippen LogP contribution in [-0.2, 0) is 22.4 Å². The van der Waals surface area contributed by atoms with E-state index in [-0.39, 0.29) is 41.3 Å². The average Bonchev–Trinajstić information content (AvgIpc) is 2.99. The molecule has 1 atom stereocenters. The van der Waals surface area contributed by atoms with E-state index >= 15 is 0 Å². The summed E-state index contributed by atoms with van der Waals surface area (Å²) in [5.74, 6) is 0.382. The number of nitrogens with two attached hydrogens (primary N) is 2. The van der Waals surface area contributed by atoms with E-state index in [4.69, 9.17) is 37.3 Å². The van der Waals surface area contributed by atoms with Gasteiger partial charge in [-0.1, -0.05) is 35.9 Å². The molecule has 0 spiro atoms. The predicted molar refractivity (Wildman–Crippen MR) is 167 cm³/mol. The fraction of sp³-hybridized carbons (Fsp3) is 0.419. The Kier molecular flexibility index (Phi) is 14.5. The summed E-state index contributed by atoms with van der Waals surface area (Å²) in [4.78, 5) is 33.5. The molecular formula is C31H42Cl2N6O5. The first-order valence-electron chi connectivity index (χ1n) is 14.1. The second kappa shape index (κ2) is 17.5. The lowest BCUT2D eigenvalue weighted by Gasteiger charge is -2.38. The first-order chi connectivity index (χ1) is 20.6. The number of likely N-dealkylation sites (N-methyl/N-ethyl adjacent to an activating group) is 1. The van der Waals surface area contributed by atoms with Gasteiger partial charge in [0.25, 0.3) is 5.91 Å². The zero-order valence-corrected chi connectivity index (χ0v) is 27.2. The van der Waals surface area contributed by atoms with Crippen LogP contribution in [0.5, 0.6) is 11.5 Å². The highest BCUT2D eigenvalue weighted by molar-refractivity contribution is 6.31. The molecule has 0 aliphatic carbocycles. The van der Waals surface area contributed by atoms with Crippen LogP contribution < -0.4 is 38.7 Å². The number of carbonyl (C=O) groups is 2. The van der Waals surface area contributed by atoms with Crippen LogP contribution in [0, 0.1) is 0 Å². The van der Waals surface area contributed by atoms with Crippen LogP contribution >= 0.6 is 11.6 Å². The number of carbonyl (C=O) groups excluding carboxylic acids is 2. The smallest absolute Gasteiger partial charge is 0.307 e. The van der Waals surface area contributed by atoms with Gasteiger partial charge in [0.2, 0.25) is 0 Å². The summed E-state index contributed by atoms with van der Waals surface area (Å²) in [5, 5.41) is 2.79. The van der Waals surface area contributed by atoms with Gasteiger partial charge in [-0.3, -0.25) is 9.59 Å². The number of methoxy groups -OCH3 is 3. The molecule has 240 valence electrons. The van der Waals surface area contributed by atoms with Gasteiger partial charge < -0.3 is 47.9 Å². The summed E-state index contributed by atoms with van der Waals surface area (Å²) in [6.45, 7) is 2.11. The quantitative estimate of drug-likeness (QED) is 0.150. The zero-order valence-electron chi connectivity index (χ0n) is 25.6. The van der Waals surface area contributed by atoms with Crippen LogP contribution in [-0.4, -0.2) is 80.4 Å². The molecule has 0 bridgehead atoms. The van der Waals surface area contributed by atoms with Gasteiger partial charge in [-0.2, -0.15) is 0 Å². The largest absolute Gasteiger partial charge is 1.00 e. The van der Waals surface area contributed by atoms with Gasteiger partial charge in [0.1, 0.15) is 11.5 Å². The van der Waals surface area contributed by atoms with Gasteiger partial charge in [0, 0.05) is 12.8 Å². The molecule has 1 heterocycles. The van der Waals surface area contributed by atoms with Crippen molar-refractivity contribution in [3.63, 3.8) is 0 Å². The second-order valence-electron chi connectivity index (χ2n) is 10.7. The van der Waals surface area contributed by atoms with Crippen molar-refractivity contribution in [2.75, 3.05) is 59.5 Å². The monoisotopic (exact) mass is 648 g/mol. The molecule has 0 saturated carbocycles. The number of aryl methyl sites for hydroxylation is 2. The number of amides is 1. The number of nitrogen functional groups attached to an aromatic ring is 2. The summed E-state index contributed by atoms with van der Waals surface area (Å²) in [5.41, 5.74) is 13.9. The molecule has 3 aromatic rings. The molecule has 44 heavy (non-hydrogen) atoms. The minimum Gasteiger partial charge on any atom is -1.00 e. The molecule has 0 aliphatic rings. The van der Waals surface area contributed by atoms with Gasteiger partial charge >= 0.3 is 5.97 Å². The Morgan fingerprint density at radius 1 is 0.864 bits per heavy atom. The number of hydrogen-bond acceptors (Lipinski definition) is 9. The van der Waals surface area contributed by atoms with Crippen molar-refractivity contribution in [1.29, 1.82) is 0 Å². The summed E-state index contributed by atoms with van der Waals surface area (Å²) < 4.78 is 16.1. The molecule has 0 aliphatic heterocycles. The molecule has 2 aromatic carbocycles. The van der Waals surface area contributed by atoms with Crippen LogP contribution in [0.2, 0.25) is 5.15 Å². The summed E-state index contributed by atoms with van der Waals surface area (Å²) in [6.07, 6.45) is 3.52. The molecule has 11 nitrogen and oxygen atoms in total. The minimum absolute atomic E-state index is 0. The van der Waals surface area contributed by atoms with E-state index in [1.54, 1.807) is 14.2 Å². The highest BCUT2D eigenvalue weighted by atomic mass is 35.5. The van der Waals surface area contributed by atoms with Crippen molar-refractivity contribution in [3.05, 3.63) is 70.5 Å². The molecule has 13 heteroatoms. The molecule has 5 N–H and O–H groups in total. The van der Waals surface area contributed by atoms with Crippen LogP contribution in [0.25, 0.3) is 0 Å². The number of hydrogen-bond donors (Lipinski definition) is 3. The topological polar surface area (TPSA) is 152 Å². The SMILES string of the molecule is COC(=O)C[C@H](C[N+](C)(CCCc1ccc(OC)cc1)CCCc1ccc(OC)cc1)NC(=O)c1nc(Cl)c(N)nc1N.[Cl-]. The Morgan fingerprint density at radius 3 is 1.82 bits per heavy atom. The number of quaternary nitrogens is 1. The maximum absolute atomic E-state index is 13.2. The summed E-state index contributed by atoms with van der Waals surface area (Å²) >= 11 is 6.00. The number of nitrogens with one attached hydrogen (secondary N) is 1. The third-order valence-corrected chi connectivity index (χ3v) is 7.68. The minimum atomic E-state index is -0.594. The fourth-order valence-corrected chi connectivity index (χ4v) is 5.18. The lowest BCUT2D eigenvalue weighted by molar-refractivity contribution is -0.911. The van der Waals surface area contributed by atoms with Crippen molar-refractivity contribution >= 4 is 35.1 Å². The van der Waals surface area contributed by atoms with Crippen LogP contribution in [0.4, 0.5) is 11.6 Å². The number of halogens is 2. The summed E-state index contributed by atoms with van der Waals surface area (Å²) in [6, 6.07) is 15.5. The fourth-order valence-electron chi connectivity index (χ4n) is 5.05. The average molecular weight is 650 g/mol. The van der Waals surface area contributed by atoms with E-state index in [0.717, 1.165) is 50.3 Å². The lowest BCUT2D eigenvalue weighted by atomic mass is 10.1. The number of ether oxygens (including phenoxy) is 3. The zero-order chi connectivity index (χ0) is 31.4. The Bertz CT molecular complexity index is 1310. The van der Waals surface area contributed by atoms with Gasteiger partial charge in [0.05, 0.1) is 60.5 Å². The number of nitrogens with zero attached hydrogens (tertiary/aromatic N) is 3. The molecule has 3 rings (SSSR count). The van der Waals surface area contributed by atoms with E-state index in [2.05, 4.69) is 46.6 Å². The second-order valence-corrected chi connectivity index (χ2v) is 11.1. The number of benzene rings is 2. The Labute approximate surface area is 270 Å². The van der Waals surface area contributed by atoms with Crippen molar-refractivity contribution in [2.45, 2.75) is 38.1 Å². The molecule has 0 radical (unpaired) electrons.